The summed E-state index contributed by atoms with van der Waals surface area (Å²) in [4.78, 5) is 11.0. The lowest BCUT2D eigenvalue weighted by molar-refractivity contribution is 0.0685. The first-order valence-corrected chi connectivity index (χ1v) is 6.55. The van der Waals surface area contributed by atoms with Crippen LogP contribution in [0.1, 0.15) is 33.3 Å². The largest absolute Gasteiger partial charge is 0.476 e. The number of nitrogens with zero attached hydrogens (tertiary/aromatic N) is 1. The van der Waals surface area contributed by atoms with Crippen molar-refractivity contribution in [1.82, 2.24) is 5.16 Å². The summed E-state index contributed by atoms with van der Waals surface area (Å²) in [5.74, 6) is -0.748. The minimum Gasteiger partial charge on any atom is -0.476 e. The van der Waals surface area contributed by atoms with Crippen LogP contribution in [0.25, 0.3) is 0 Å². The summed E-state index contributed by atoms with van der Waals surface area (Å²) in [6.45, 7) is 0. The average molecular weight is 279 g/mol. The minimum absolute atomic E-state index is 0.0816. The van der Waals surface area contributed by atoms with Crippen LogP contribution in [0, 0.1) is 0 Å². The molecular weight excluding hydrogens is 266 g/mol. The quantitative estimate of drug-likeness (QED) is 0.793. The van der Waals surface area contributed by atoms with Gasteiger partial charge in [-0.3, -0.25) is 0 Å². The standard InChI is InChI=1S/C17H13NO3/c19-17(20)14-11-15(21-18-14)16(12-7-3-1-4-8-12)13-9-5-2-6-10-13/h1-11,16H,(H,19,20). The Bertz CT molecular complexity index is 695. The molecule has 0 bridgehead atoms. The molecule has 3 rings (SSSR count). The number of aromatic nitrogens is 1. The molecule has 0 aliphatic rings. The molecule has 0 amide bonds. The highest BCUT2D eigenvalue weighted by Gasteiger charge is 2.22. The van der Waals surface area contributed by atoms with Gasteiger partial charge in [-0.2, -0.15) is 0 Å². The van der Waals surface area contributed by atoms with E-state index in [2.05, 4.69) is 5.16 Å². The van der Waals surface area contributed by atoms with Crippen LogP contribution in [-0.2, 0) is 0 Å². The van der Waals surface area contributed by atoms with Gasteiger partial charge in [0.2, 0.25) is 0 Å². The highest BCUT2D eigenvalue weighted by molar-refractivity contribution is 5.85. The van der Waals surface area contributed by atoms with Crippen LogP contribution in [0.15, 0.2) is 71.3 Å². The van der Waals surface area contributed by atoms with E-state index in [0.29, 0.717) is 5.76 Å². The van der Waals surface area contributed by atoms with Crippen LogP contribution in [0.5, 0.6) is 0 Å². The molecule has 1 aromatic heterocycles. The number of rotatable bonds is 4. The zero-order valence-corrected chi connectivity index (χ0v) is 11.1. The smallest absolute Gasteiger partial charge is 0.358 e. The lowest BCUT2D eigenvalue weighted by atomic mass is 9.89. The molecule has 21 heavy (non-hydrogen) atoms. The fraction of sp³-hybridized carbons (Fsp3) is 0.0588. The second-order valence-electron chi connectivity index (χ2n) is 4.67. The van der Waals surface area contributed by atoms with Crippen LogP contribution in [0.2, 0.25) is 0 Å². The molecule has 4 nitrogen and oxygen atoms in total. The van der Waals surface area contributed by atoms with E-state index < -0.39 is 5.97 Å². The molecule has 1 heterocycles. The van der Waals surface area contributed by atoms with E-state index in [1.165, 1.54) is 6.07 Å². The van der Waals surface area contributed by atoms with Gasteiger partial charge in [-0.15, -0.1) is 0 Å². The molecule has 0 radical (unpaired) electrons. The van der Waals surface area contributed by atoms with E-state index in [1.54, 1.807) is 0 Å². The topological polar surface area (TPSA) is 63.3 Å². The molecule has 3 aromatic rings. The molecular formula is C17H13NO3. The van der Waals surface area contributed by atoms with E-state index in [0.717, 1.165) is 11.1 Å². The van der Waals surface area contributed by atoms with E-state index in [-0.39, 0.29) is 11.6 Å². The van der Waals surface area contributed by atoms with E-state index in [1.807, 2.05) is 60.7 Å². The fourth-order valence-electron chi connectivity index (χ4n) is 2.34. The van der Waals surface area contributed by atoms with Crippen molar-refractivity contribution < 1.29 is 14.4 Å². The number of carboxylic acid groups (broad SMARTS) is 1. The normalized spacial score (nSPS) is 10.7. The summed E-state index contributed by atoms with van der Waals surface area (Å²) in [7, 11) is 0. The summed E-state index contributed by atoms with van der Waals surface area (Å²) in [6, 6.07) is 21.1. The highest BCUT2D eigenvalue weighted by atomic mass is 16.5. The molecule has 0 spiro atoms. The third-order valence-electron chi connectivity index (χ3n) is 3.30. The summed E-state index contributed by atoms with van der Waals surface area (Å²) in [6.07, 6.45) is 0. The predicted octanol–water partition coefficient (Wildman–Crippen LogP) is 3.55. The maximum Gasteiger partial charge on any atom is 0.358 e. The zero-order valence-electron chi connectivity index (χ0n) is 11.1. The van der Waals surface area contributed by atoms with E-state index in [4.69, 9.17) is 9.63 Å². The number of carbonyl (C=O) groups is 1. The second-order valence-corrected chi connectivity index (χ2v) is 4.67. The molecule has 2 aromatic carbocycles. The zero-order chi connectivity index (χ0) is 14.7. The maximum atomic E-state index is 11.0. The molecule has 0 saturated carbocycles. The number of carboxylic acids is 1. The Balaban J connectivity index is 2.10. The summed E-state index contributed by atoms with van der Waals surface area (Å²) >= 11 is 0. The molecule has 1 N–H and O–H groups in total. The second kappa shape index (κ2) is 5.63. The van der Waals surface area contributed by atoms with Gasteiger partial charge in [-0.05, 0) is 11.1 Å². The van der Waals surface area contributed by atoms with Gasteiger partial charge in [0.1, 0.15) is 5.76 Å². The Hall–Kier alpha value is -2.88. The van der Waals surface area contributed by atoms with Gasteiger partial charge < -0.3 is 9.63 Å². The van der Waals surface area contributed by atoms with Gasteiger partial charge in [-0.1, -0.05) is 65.8 Å². The lowest BCUT2D eigenvalue weighted by Gasteiger charge is -2.14. The molecule has 0 fully saturated rings. The first-order valence-electron chi connectivity index (χ1n) is 6.55. The Morgan fingerprint density at radius 2 is 1.48 bits per heavy atom. The molecule has 0 aliphatic carbocycles. The molecule has 0 atom stereocenters. The Morgan fingerprint density at radius 1 is 0.952 bits per heavy atom. The lowest BCUT2D eigenvalue weighted by Crippen LogP contribution is -2.02. The maximum absolute atomic E-state index is 11.0. The molecule has 0 aliphatic heterocycles. The molecule has 104 valence electrons. The minimum atomic E-state index is -1.09. The van der Waals surface area contributed by atoms with E-state index in [9.17, 15) is 4.79 Å². The average Bonchev–Trinajstić information content (AvgIpc) is 3.00. The Morgan fingerprint density at radius 3 is 1.90 bits per heavy atom. The first kappa shape index (κ1) is 13.1. The van der Waals surface area contributed by atoms with Crippen molar-refractivity contribution >= 4 is 5.97 Å². The molecule has 0 unspecified atom stereocenters. The predicted molar refractivity (Wildman–Crippen MR) is 77.3 cm³/mol. The van der Waals surface area contributed by atoms with Crippen molar-refractivity contribution in [2.24, 2.45) is 0 Å². The van der Waals surface area contributed by atoms with Crippen molar-refractivity contribution in [3.63, 3.8) is 0 Å². The van der Waals surface area contributed by atoms with E-state index >= 15 is 0 Å². The van der Waals surface area contributed by atoms with Crippen LogP contribution in [-0.4, -0.2) is 16.2 Å². The molecule has 0 saturated heterocycles. The van der Waals surface area contributed by atoms with Crippen LogP contribution in [0.4, 0.5) is 0 Å². The van der Waals surface area contributed by atoms with Gasteiger partial charge >= 0.3 is 5.97 Å². The van der Waals surface area contributed by atoms with Crippen molar-refractivity contribution in [3.8, 4) is 0 Å². The third kappa shape index (κ3) is 2.69. The summed E-state index contributed by atoms with van der Waals surface area (Å²) in [5, 5.41) is 12.6. The Kier molecular flexibility index (Phi) is 3.51. The van der Waals surface area contributed by atoms with Gasteiger partial charge in [0.05, 0.1) is 5.92 Å². The first-order chi connectivity index (χ1) is 10.3. The summed E-state index contributed by atoms with van der Waals surface area (Å²) in [5.41, 5.74) is 1.97. The van der Waals surface area contributed by atoms with Crippen LogP contribution >= 0.6 is 0 Å². The molecule has 4 heteroatoms. The van der Waals surface area contributed by atoms with Crippen molar-refractivity contribution in [1.29, 1.82) is 0 Å². The van der Waals surface area contributed by atoms with Gasteiger partial charge in [-0.25, -0.2) is 4.79 Å². The number of benzene rings is 2. The number of aromatic carboxylic acids is 1. The highest BCUT2D eigenvalue weighted by Crippen LogP contribution is 2.32. The number of hydrogen-bond acceptors (Lipinski definition) is 3. The van der Waals surface area contributed by atoms with Gasteiger partial charge in [0.15, 0.2) is 5.69 Å². The third-order valence-corrected chi connectivity index (χ3v) is 3.30. The van der Waals surface area contributed by atoms with Crippen molar-refractivity contribution in [2.75, 3.05) is 0 Å². The van der Waals surface area contributed by atoms with Crippen molar-refractivity contribution in [3.05, 3.63) is 89.3 Å². The Labute approximate surface area is 121 Å². The van der Waals surface area contributed by atoms with Crippen LogP contribution in [0.3, 0.4) is 0 Å². The number of hydrogen-bond donors (Lipinski definition) is 1. The summed E-state index contributed by atoms with van der Waals surface area (Å²) < 4.78 is 5.27. The van der Waals surface area contributed by atoms with Crippen LogP contribution < -0.4 is 0 Å². The van der Waals surface area contributed by atoms with Crippen molar-refractivity contribution in [2.45, 2.75) is 5.92 Å². The fourth-order valence-corrected chi connectivity index (χ4v) is 2.34. The van der Waals surface area contributed by atoms with Gasteiger partial charge in [0.25, 0.3) is 0 Å². The monoisotopic (exact) mass is 279 g/mol. The van der Waals surface area contributed by atoms with Gasteiger partial charge in [0, 0.05) is 6.07 Å². The SMILES string of the molecule is O=C(O)c1cc(C(c2ccccc2)c2ccccc2)on1.